The van der Waals surface area contributed by atoms with E-state index < -0.39 is 6.10 Å². The van der Waals surface area contributed by atoms with Gasteiger partial charge in [0.2, 0.25) is 0 Å². The zero-order valence-corrected chi connectivity index (χ0v) is 11.6. The molecular weight excluding hydrogens is 240 g/mol. The number of rotatable bonds is 6. The molecule has 1 heterocycles. The van der Waals surface area contributed by atoms with Crippen LogP contribution in [0.3, 0.4) is 0 Å². The molecule has 1 atom stereocenters. The summed E-state index contributed by atoms with van der Waals surface area (Å²) in [5.41, 5.74) is 8.85. The SMILES string of the molecule is CN(CCc1ccc2c(c1)ncn2C)CC(O)CN. The first-order chi connectivity index (χ1) is 9.10. The van der Waals surface area contributed by atoms with Crippen molar-refractivity contribution in [3.63, 3.8) is 0 Å². The maximum absolute atomic E-state index is 9.49. The molecule has 5 nitrogen and oxygen atoms in total. The van der Waals surface area contributed by atoms with Crippen molar-refractivity contribution in [2.24, 2.45) is 12.8 Å². The Bertz CT molecular complexity index is 537. The van der Waals surface area contributed by atoms with Gasteiger partial charge in [-0.15, -0.1) is 0 Å². The molecule has 2 rings (SSSR count). The minimum Gasteiger partial charge on any atom is -0.390 e. The Balaban J connectivity index is 1.94. The molecular formula is C14H22N4O. The topological polar surface area (TPSA) is 67.3 Å². The van der Waals surface area contributed by atoms with Gasteiger partial charge in [0.05, 0.1) is 23.5 Å². The number of aromatic nitrogens is 2. The Morgan fingerprint density at radius 1 is 1.47 bits per heavy atom. The van der Waals surface area contributed by atoms with E-state index in [4.69, 9.17) is 5.73 Å². The lowest BCUT2D eigenvalue weighted by Crippen LogP contribution is -2.35. The Morgan fingerprint density at radius 2 is 2.26 bits per heavy atom. The van der Waals surface area contributed by atoms with Crippen LogP contribution in [-0.4, -0.2) is 52.3 Å². The summed E-state index contributed by atoms with van der Waals surface area (Å²) in [6, 6.07) is 6.37. The first kappa shape index (κ1) is 14.0. The van der Waals surface area contributed by atoms with Crippen molar-refractivity contribution in [3.05, 3.63) is 30.1 Å². The van der Waals surface area contributed by atoms with Crippen molar-refractivity contribution < 1.29 is 5.11 Å². The molecule has 3 N–H and O–H groups in total. The molecule has 1 aromatic heterocycles. The number of hydrogen-bond acceptors (Lipinski definition) is 4. The van der Waals surface area contributed by atoms with Gasteiger partial charge < -0.3 is 20.3 Å². The Kier molecular flexibility index (Phi) is 4.52. The molecule has 0 aliphatic rings. The van der Waals surface area contributed by atoms with Crippen LogP contribution in [0, 0.1) is 0 Å². The number of likely N-dealkylation sites (N-methyl/N-ethyl adjacent to an activating group) is 1. The molecule has 0 bridgehead atoms. The van der Waals surface area contributed by atoms with E-state index in [1.165, 1.54) is 5.56 Å². The van der Waals surface area contributed by atoms with Gasteiger partial charge in [-0.3, -0.25) is 0 Å². The average Bonchev–Trinajstić information content (AvgIpc) is 2.77. The summed E-state index contributed by atoms with van der Waals surface area (Å²) in [5.74, 6) is 0. The fourth-order valence-electron chi connectivity index (χ4n) is 2.18. The fourth-order valence-corrected chi connectivity index (χ4v) is 2.18. The van der Waals surface area contributed by atoms with Crippen molar-refractivity contribution in [3.8, 4) is 0 Å². The standard InChI is InChI=1S/C14H22N4O/c1-17(9-12(19)8-15)6-5-11-3-4-14-13(7-11)16-10-18(14)2/h3-4,7,10,12,19H,5-6,8-9,15H2,1-2H3. The van der Waals surface area contributed by atoms with E-state index in [-0.39, 0.29) is 0 Å². The minimum absolute atomic E-state index is 0.310. The number of aliphatic hydroxyl groups excluding tert-OH is 1. The van der Waals surface area contributed by atoms with Crippen molar-refractivity contribution in [1.82, 2.24) is 14.5 Å². The molecule has 1 unspecified atom stereocenters. The maximum atomic E-state index is 9.49. The number of aryl methyl sites for hydroxylation is 1. The predicted molar refractivity (Wildman–Crippen MR) is 77.0 cm³/mol. The van der Waals surface area contributed by atoms with Gasteiger partial charge in [-0.25, -0.2) is 4.98 Å². The molecule has 0 fully saturated rings. The van der Waals surface area contributed by atoms with Gasteiger partial charge in [0, 0.05) is 26.7 Å². The molecule has 0 aliphatic heterocycles. The highest BCUT2D eigenvalue weighted by molar-refractivity contribution is 5.75. The van der Waals surface area contributed by atoms with Crippen LogP contribution in [0.2, 0.25) is 0 Å². The molecule has 0 aliphatic carbocycles. The van der Waals surface area contributed by atoms with Gasteiger partial charge in [0.15, 0.2) is 0 Å². The zero-order chi connectivity index (χ0) is 13.8. The molecule has 2 aromatic rings. The highest BCUT2D eigenvalue weighted by atomic mass is 16.3. The largest absolute Gasteiger partial charge is 0.390 e. The summed E-state index contributed by atoms with van der Waals surface area (Å²) in [6.45, 7) is 1.82. The van der Waals surface area contributed by atoms with Crippen molar-refractivity contribution in [1.29, 1.82) is 0 Å². The highest BCUT2D eigenvalue weighted by Crippen LogP contribution is 2.14. The van der Waals surface area contributed by atoms with Crippen molar-refractivity contribution >= 4 is 11.0 Å². The van der Waals surface area contributed by atoms with Crippen molar-refractivity contribution in [2.75, 3.05) is 26.7 Å². The number of imidazole rings is 1. The number of fused-ring (bicyclic) bond motifs is 1. The lowest BCUT2D eigenvalue weighted by molar-refractivity contribution is 0.133. The monoisotopic (exact) mass is 262 g/mol. The van der Waals surface area contributed by atoms with Crippen LogP contribution < -0.4 is 5.73 Å². The van der Waals surface area contributed by atoms with Gasteiger partial charge in [0.25, 0.3) is 0 Å². The lowest BCUT2D eigenvalue weighted by atomic mass is 10.1. The van der Waals surface area contributed by atoms with Crippen LogP contribution in [0.15, 0.2) is 24.5 Å². The fraction of sp³-hybridized carbons (Fsp3) is 0.500. The number of aliphatic hydroxyl groups is 1. The van der Waals surface area contributed by atoms with Gasteiger partial charge in [-0.1, -0.05) is 6.07 Å². The van der Waals surface area contributed by atoms with E-state index in [2.05, 4.69) is 28.1 Å². The quantitative estimate of drug-likeness (QED) is 0.789. The van der Waals surface area contributed by atoms with Crippen LogP contribution in [0.4, 0.5) is 0 Å². The second-order valence-corrected chi connectivity index (χ2v) is 5.08. The van der Waals surface area contributed by atoms with Crippen LogP contribution in [0.25, 0.3) is 11.0 Å². The molecule has 1 aromatic carbocycles. The van der Waals surface area contributed by atoms with Crippen LogP contribution in [-0.2, 0) is 13.5 Å². The third kappa shape index (κ3) is 3.53. The predicted octanol–water partition coefficient (Wildman–Crippen LogP) is 0.367. The Hall–Kier alpha value is -1.43. The molecule has 0 amide bonds. The van der Waals surface area contributed by atoms with Gasteiger partial charge in [-0.2, -0.15) is 0 Å². The zero-order valence-electron chi connectivity index (χ0n) is 11.6. The summed E-state index contributed by atoms with van der Waals surface area (Å²) in [7, 11) is 4.00. The van der Waals surface area contributed by atoms with E-state index >= 15 is 0 Å². The highest BCUT2D eigenvalue weighted by Gasteiger charge is 2.07. The molecule has 104 valence electrons. The van der Waals surface area contributed by atoms with E-state index in [1.807, 2.05) is 25.0 Å². The Morgan fingerprint density at radius 3 is 3.00 bits per heavy atom. The Labute approximate surface area is 113 Å². The summed E-state index contributed by atoms with van der Waals surface area (Å²) in [6.07, 6.45) is 2.33. The van der Waals surface area contributed by atoms with Crippen LogP contribution in [0.1, 0.15) is 5.56 Å². The summed E-state index contributed by atoms with van der Waals surface area (Å²) in [4.78, 5) is 6.46. The molecule has 0 saturated carbocycles. The normalized spacial score (nSPS) is 13.3. The van der Waals surface area contributed by atoms with E-state index in [0.29, 0.717) is 13.1 Å². The average molecular weight is 262 g/mol. The van der Waals surface area contributed by atoms with E-state index in [9.17, 15) is 5.11 Å². The van der Waals surface area contributed by atoms with E-state index in [0.717, 1.165) is 24.0 Å². The number of benzene rings is 1. The summed E-state index contributed by atoms with van der Waals surface area (Å²) < 4.78 is 2.02. The van der Waals surface area contributed by atoms with Crippen molar-refractivity contribution in [2.45, 2.75) is 12.5 Å². The molecule has 5 heteroatoms. The first-order valence-electron chi connectivity index (χ1n) is 6.57. The van der Waals surface area contributed by atoms with Gasteiger partial charge >= 0.3 is 0 Å². The second-order valence-electron chi connectivity index (χ2n) is 5.08. The molecule has 0 radical (unpaired) electrons. The molecule has 19 heavy (non-hydrogen) atoms. The number of hydrogen-bond donors (Lipinski definition) is 2. The third-order valence-corrected chi connectivity index (χ3v) is 3.37. The lowest BCUT2D eigenvalue weighted by Gasteiger charge is -2.19. The first-order valence-corrected chi connectivity index (χ1v) is 6.57. The minimum atomic E-state index is -0.441. The number of nitrogens with zero attached hydrogens (tertiary/aromatic N) is 3. The summed E-state index contributed by atoms with van der Waals surface area (Å²) in [5, 5.41) is 9.49. The van der Waals surface area contributed by atoms with Crippen LogP contribution in [0.5, 0.6) is 0 Å². The van der Waals surface area contributed by atoms with Crippen LogP contribution >= 0.6 is 0 Å². The van der Waals surface area contributed by atoms with Gasteiger partial charge in [0.1, 0.15) is 0 Å². The number of nitrogens with two attached hydrogens (primary N) is 1. The van der Waals surface area contributed by atoms with Gasteiger partial charge in [-0.05, 0) is 31.2 Å². The second kappa shape index (κ2) is 6.14. The summed E-state index contributed by atoms with van der Waals surface area (Å²) >= 11 is 0. The smallest absolute Gasteiger partial charge is 0.0955 e. The molecule has 0 saturated heterocycles. The maximum Gasteiger partial charge on any atom is 0.0955 e. The third-order valence-electron chi connectivity index (χ3n) is 3.37. The molecule has 0 spiro atoms. The van der Waals surface area contributed by atoms with E-state index in [1.54, 1.807) is 0 Å².